The maximum atomic E-state index is 9.01. The molecule has 18 heavy (non-hydrogen) atoms. The molecule has 2 heteroatoms. The molecule has 0 saturated carbocycles. The number of rotatable bonds is 4. The van der Waals surface area contributed by atoms with Crippen molar-refractivity contribution in [3.05, 3.63) is 70.8 Å². The molecule has 0 aliphatic heterocycles. The summed E-state index contributed by atoms with van der Waals surface area (Å²) in [6.07, 6.45) is 0. The molecule has 0 aliphatic carbocycles. The largest absolute Gasteiger partial charge is 0.192 e. The van der Waals surface area contributed by atoms with Crippen LogP contribution in [0.1, 0.15) is 22.3 Å². The molecule has 2 rings (SSSR count). The fourth-order valence-corrected chi connectivity index (χ4v) is 2.72. The molecule has 0 heterocycles. The zero-order chi connectivity index (χ0) is 12.8. The SMILES string of the molecule is Cc1ccc(CSCc2ccccc2C#N)cc1. The molecule has 0 spiro atoms. The molecule has 1 nitrogen and oxygen atoms in total. The van der Waals surface area contributed by atoms with Crippen LogP contribution in [0.15, 0.2) is 48.5 Å². The van der Waals surface area contributed by atoms with Crippen LogP contribution in [0.5, 0.6) is 0 Å². The Balaban J connectivity index is 1.93. The lowest BCUT2D eigenvalue weighted by Crippen LogP contribution is -1.88. The monoisotopic (exact) mass is 253 g/mol. The second-order valence-corrected chi connectivity index (χ2v) is 5.23. The third-order valence-corrected chi connectivity index (χ3v) is 3.84. The second kappa shape index (κ2) is 6.28. The van der Waals surface area contributed by atoms with Gasteiger partial charge >= 0.3 is 0 Å². The van der Waals surface area contributed by atoms with E-state index in [9.17, 15) is 0 Å². The molecule has 0 bridgehead atoms. The zero-order valence-corrected chi connectivity index (χ0v) is 11.2. The first-order valence-corrected chi connectivity index (χ1v) is 7.06. The van der Waals surface area contributed by atoms with Gasteiger partial charge in [0.05, 0.1) is 11.6 Å². The fourth-order valence-electron chi connectivity index (χ4n) is 1.72. The van der Waals surface area contributed by atoms with Gasteiger partial charge in [0.2, 0.25) is 0 Å². The van der Waals surface area contributed by atoms with Crippen LogP contribution in [0.3, 0.4) is 0 Å². The molecule has 0 aromatic heterocycles. The fraction of sp³-hybridized carbons (Fsp3) is 0.188. The van der Waals surface area contributed by atoms with Gasteiger partial charge in [0, 0.05) is 11.5 Å². The highest BCUT2D eigenvalue weighted by molar-refractivity contribution is 7.97. The smallest absolute Gasteiger partial charge is 0.0994 e. The maximum absolute atomic E-state index is 9.01. The summed E-state index contributed by atoms with van der Waals surface area (Å²) in [4.78, 5) is 0. The first kappa shape index (κ1) is 12.7. The maximum Gasteiger partial charge on any atom is 0.0994 e. The minimum Gasteiger partial charge on any atom is -0.192 e. The molecule has 0 saturated heterocycles. The van der Waals surface area contributed by atoms with Crippen LogP contribution in [0.25, 0.3) is 0 Å². The van der Waals surface area contributed by atoms with E-state index in [4.69, 9.17) is 5.26 Å². The lowest BCUT2D eigenvalue weighted by Gasteiger charge is -2.04. The topological polar surface area (TPSA) is 23.8 Å². The molecule has 0 unspecified atom stereocenters. The van der Waals surface area contributed by atoms with Crippen LogP contribution >= 0.6 is 11.8 Å². The summed E-state index contributed by atoms with van der Waals surface area (Å²) in [5, 5.41) is 9.01. The second-order valence-electron chi connectivity index (χ2n) is 4.25. The third kappa shape index (κ3) is 3.38. The van der Waals surface area contributed by atoms with Gasteiger partial charge in [0.25, 0.3) is 0 Å². The lowest BCUT2D eigenvalue weighted by atomic mass is 10.1. The van der Waals surface area contributed by atoms with E-state index in [0.717, 1.165) is 22.6 Å². The van der Waals surface area contributed by atoms with Crippen LogP contribution in [0, 0.1) is 18.3 Å². The first-order chi connectivity index (χ1) is 8.79. The molecule has 0 atom stereocenters. The van der Waals surface area contributed by atoms with E-state index >= 15 is 0 Å². The summed E-state index contributed by atoms with van der Waals surface area (Å²) >= 11 is 1.84. The van der Waals surface area contributed by atoms with Crippen LogP contribution in [0.2, 0.25) is 0 Å². The Morgan fingerprint density at radius 3 is 2.44 bits per heavy atom. The van der Waals surface area contributed by atoms with E-state index in [0.29, 0.717) is 0 Å². The third-order valence-electron chi connectivity index (χ3n) is 2.78. The van der Waals surface area contributed by atoms with E-state index < -0.39 is 0 Å². The zero-order valence-electron chi connectivity index (χ0n) is 10.4. The molecule has 0 aliphatic rings. The highest BCUT2D eigenvalue weighted by atomic mass is 32.2. The van der Waals surface area contributed by atoms with Crippen LogP contribution in [-0.4, -0.2) is 0 Å². The number of nitrogens with zero attached hydrogens (tertiary/aromatic N) is 1. The Morgan fingerprint density at radius 1 is 1.00 bits per heavy atom. The van der Waals surface area contributed by atoms with E-state index in [2.05, 4.69) is 37.3 Å². The molecule has 2 aromatic rings. The van der Waals surface area contributed by atoms with Crippen LogP contribution < -0.4 is 0 Å². The highest BCUT2D eigenvalue weighted by Gasteiger charge is 2.01. The van der Waals surface area contributed by atoms with Crippen molar-refractivity contribution in [2.75, 3.05) is 0 Å². The Morgan fingerprint density at radius 2 is 1.72 bits per heavy atom. The van der Waals surface area contributed by atoms with Crippen molar-refractivity contribution in [2.24, 2.45) is 0 Å². The minimum absolute atomic E-state index is 0.786. The van der Waals surface area contributed by atoms with Crippen molar-refractivity contribution >= 4 is 11.8 Å². The van der Waals surface area contributed by atoms with Gasteiger partial charge in [0.1, 0.15) is 0 Å². The van der Waals surface area contributed by atoms with Crippen molar-refractivity contribution in [1.29, 1.82) is 5.26 Å². The predicted octanol–water partition coefficient (Wildman–Crippen LogP) is 4.30. The molecule has 0 fully saturated rings. The van der Waals surface area contributed by atoms with Crippen LogP contribution in [-0.2, 0) is 11.5 Å². The number of aryl methyl sites for hydroxylation is 1. The number of nitriles is 1. The van der Waals surface area contributed by atoms with Crippen molar-refractivity contribution in [3.63, 3.8) is 0 Å². The van der Waals surface area contributed by atoms with E-state index in [1.54, 1.807) is 0 Å². The Hall–Kier alpha value is -1.72. The summed E-state index contributed by atoms with van der Waals surface area (Å²) < 4.78 is 0. The number of hydrogen-bond donors (Lipinski definition) is 0. The lowest BCUT2D eigenvalue weighted by molar-refractivity contribution is 1.32. The number of hydrogen-bond acceptors (Lipinski definition) is 2. The molecule has 90 valence electrons. The highest BCUT2D eigenvalue weighted by Crippen LogP contribution is 2.20. The summed E-state index contributed by atoms with van der Waals surface area (Å²) in [6, 6.07) is 18.6. The van der Waals surface area contributed by atoms with Gasteiger partial charge in [-0.2, -0.15) is 17.0 Å². The minimum atomic E-state index is 0.786. The van der Waals surface area contributed by atoms with Gasteiger partial charge in [-0.05, 0) is 24.1 Å². The van der Waals surface area contributed by atoms with Gasteiger partial charge in [0.15, 0.2) is 0 Å². The Kier molecular flexibility index (Phi) is 4.44. The summed E-state index contributed by atoms with van der Waals surface area (Å²) in [5.74, 6) is 1.87. The molecule has 0 radical (unpaired) electrons. The molecular formula is C16H15NS. The average Bonchev–Trinajstić information content (AvgIpc) is 2.41. The van der Waals surface area contributed by atoms with E-state index in [1.165, 1.54) is 11.1 Å². The standard InChI is InChI=1S/C16H15NS/c1-13-6-8-14(9-7-13)11-18-12-16-5-3-2-4-15(16)10-17/h2-9H,11-12H2,1H3. The average molecular weight is 253 g/mol. The van der Waals surface area contributed by atoms with Crippen molar-refractivity contribution in [3.8, 4) is 6.07 Å². The van der Waals surface area contributed by atoms with Crippen molar-refractivity contribution in [1.82, 2.24) is 0 Å². The van der Waals surface area contributed by atoms with Crippen LogP contribution in [0.4, 0.5) is 0 Å². The summed E-state index contributed by atoms with van der Waals surface area (Å²) in [7, 11) is 0. The van der Waals surface area contributed by atoms with Crippen molar-refractivity contribution in [2.45, 2.75) is 18.4 Å². The number of benzene rings is 2. The first-order valence-electron chi connectivity index (χ1n) is 5.91. The Labute approximate surface area is 112 Å². The molecule has 0 N–H and O–H groups in total. The van der Waals surface area contributed by atoms with Gasteiger partial charge in [-0.3, -0.25) is 0 Å². The van der Waals surface area contributed by atoms with E-state index in [-0.39, 0.29) is 0 Å². The quantitative estimate of drug-likeness (QED) is 0.811. The molecule has 0 amide bonds. The molecular weight excluding hydrogens is 238 g/mol. The number of thioether (sulfide) groups is 1. The van der Waals surface area contributed by atoms with Gasteiger partial charge in [-0.15, -0.1) is 0 Å². The normalized spacial score (nSPS) is 10.0. The van der Waals surface area contributed by atoms with Gasteiger partial charge < -0.3 is 0 Å². The predicted molar refractivity (Wildman–Crippen MR) is 77.3 cm³/mol. The molecule has 2 aromatic carbocycles. The van der Waals surface area contributed by atoms with Gasteiger partial charge in [-0.1, -0.05) is 48.0 Å². The summed E-state index contributed by atoms with van der Waals surface area (Å²) in [5.41, 5.74) is 4.53. The van der Waals surface area contributed by atoms with Crippen molar-refractivity contribution < 1.29 is 0 Å². The van der Waals surface area contributed by atoms with E-state index in [1.807, 2.05) is 36.0 Å². The summed E-state index contributed by atoms with van der Waals surface area (Å²) in [6.45, 7) is 2.10. The van der Waals surface area contributed by atoms with Gasteiger partial charge in [-0.25, -0.2) is 0 Å². The Bertz CT molecular complexity index is 552.